The molecule has 1 fully saturated rings. The average Bonchev–Trinajstić information content (AvgIpc) is 3.06. The maximum absolute atomic E-state index is 4.78. The molecule has 0 aliphatic heterocycles. The van der Waals surface area contributed by atoms with E-state index in [2.05, 4.69) is 26.1 Å². The van der Waals surface area contributed by atoms with E-state index in [9.17, 15) is 0 Å². The number of anilines is 1. The topological polar surface area (TPSA) is 24.9 Å². The Morgan fingerprint density at radius 3 is 2.78 bits per heavy atom. The summed E-state index contributed by atoms with van der Waals surface area (Å²) in [5.41, 5.74) is 1.86. The van der Waals surface area contributed by atoms with Crippen LogP contribution >= 0.6 is 11.3 Å². The Kier molecular flexibility index (Phi) is 3.13. The standard InChI is InChI=1S/C15H24N2S/c1-4-15(2,3)10-5-8-12-13(9-10)18-14(17-12)16-11-6-7-11/h10-11H,4-9H2,1-3H3,(H,16,17). The van der Waals surface area contributed by atoms with Crippen molar-refractivity contribution in [2.75, 3.05) is 5.32 Å². The Bertz CT molecular complexity index is 432. The minimum absolute atomic E-state index is 0.478. The van der Waals surface area contributed by atoms with Gasteiger partial charge in [-0.05, 0) is 43.4 Å². The first-order valence-corrected chi connectivity index (χ1v) is 8.15. The molecule has 1 saturated carbocycles. The predicted octanol–water partition coefficient (Wildman–Crippen LogP) is 4.26. The normalized spacial score (nSPS) is 23.8. The van der Waals surface area contributed by atoms with Crippen LogP contribution in [0.5, 0.6) is 0 Å². The molecule has 0 bridgehead atoms. The van der Waals surface area contributed by atoms with E-state index in [1.807, 2.05) is 11.3 Å². The van der Waals surface area contributed by atoms with Crippen LogP contribution in [0.4, 0.5) is 5.13 Å². The maximum atomic E-state index is 4.78. The van der Waals surface area contributed by atoms with Gasteiger partial charge in [-0.3, -0.25) is 0 Å². The van der Waals surface area contributed by atoms with Crippen molar-refractivity contribution in [1.82, 2.24) is 4.98 Å². The molecule has 0 radical (unpaired) electrons. The van der Waals surface area contributed by atoms with Gasteiger partial charge in [-0.15, -0.1) is 11.3 Å². The molecule has 1 N–H and O–H groups in total. The highest BCUT2D eigenvalue weighted by atomic mass is 32.1. The van der Waals surface area contributed by atoms with E-state index in [0.717, 1.165) is 12.0 Å². The molecule has 1 unspecified atom stereocenters. The van der Waals surface area contributed by atoms with Crippen LogP contribution in [0.15, 0.2) is 0 Å². The summed E-state index contributed by atoms with van der Waals surface area (Å²) in [6.45, 7) is 7.17. The van der Waals surface area contributed by atoms with Crippen molar-refractivity contribution in [1.29, 1.82) is 0 Å². The zero-order valence-corrected chi connectivity index (χ0v) is 12.6. The number of rotatable bonds is 4. The third-order valence-electron chi connectivity index (χ3n) is 4.86. The van der Waals surface area contributed by atoms with Crippen molar-refractivity contribution in [3.8, 4) is 0 Å². The van der Waals surface area contributed by atoms with Crippen LogP contribution in [0.3, 0.4) is 0 Å². The highest BCUT2D eigenvalue weighted by molar-refractivity contribution is 7.15. The number of thiazole rings is 1. The van der Waals surface area contributed by atoms with Gasteiger partial charge in [0.1, 0.15) is 0 Å². The van der Waals surface area contributed by atoms with Gasteiger partial charge in [0.2, 0.25) is 0 Å². The molecule has 1 aromatic heterocycles. The molecule has 0 saturated heterocycles. The summed E-state index contributed by atoms with van der Waals surface area (Å²) in [5.74, 6) is 0.837. The largest absolute Gasteiger partial charge is 0.359 e. The van der Waals surface area contributed by atoms with E-state index in [0.29, 0.717) is 5.41 Å². The van der Waals surface area contributed by atoms with Crippen molar-refractivity contribution in [3.63, 3.8) is 0 Å². The second-order valence-electron chi connectivity index (χ2n) is 6.59. The fourth-order valence-electron chi connectivity index (χ4n) is 2.79. The van der Waals surface area contributed by atoms with Gasteiger partial charge in [-0.1, -0.05) is 27.2 Å². The van der Waals surface area contributed by atoms with Crippen LogP contribution in [0.1, 0.15) is 57.0 Å². The fourth-order valence-corrected chi connectivity index (χ4v) is 3.96. The molecule has 1 heterocycles. The third kappa shape index (κ3) is 2.42. The highest BCUT2D eigenvalue weighted by Gasteiger charge is 2.33. The van der Waals surface area contributed by atoms with Gasteiger partial charge in [0.05, 0.1) is 5.69 Å². The van der Waals surface area contributed by atoms with Crippen molar-refractivity contribution in [2.45, 2.75) is 65.3 Å². The molecule has 100 valence electrons. The Balaban J connectivity index is 1.73. The average molecular weight is 264 g/mol. The van der Waals surface area contributed by atoms with Crippen LogP contribution in [0, 0.1) is 11.3 Å². The SMILES string of the molecule is CCC(C)(C)C1CCc2nc(NC3CC3)sc2C1. The van der Waals surface area contributed by atoms with E-state index in [1.54, 1.807) is 4.88 Å². The van der Waals surface area contributed by atoms with Gasteiger partial charge < -0.3 is 5.32 Å². The number of aryl methyl sites for hydroxylation is 1. The third-order valence-corrected chi connectivity index (χ3v) is 5.91. The molecular formula is C15H24N2S. The van der Waals surface area contributed by atoms with Gasteiger partial charge >= 0.3 is 0 Å². The Hall–Kier alpha value is -0.570. The van der Waals surface area contributed by atoms with Crippen molar-refractivity contribution >= 4 is 16.5 Å². The Morgan fingerprint density at radius 2 is 2.11 bits per heavy atom. The molecule has 1 atom stereocenters. The number of fused-ring (bicyclic) bond motifs is 1. The molecule has 3 heteroatoms. The molecule has 2 aliphatic carbocycles. The van der Waals surface area contributed by atoms with Crippen molar-refractivity contribution in [2.24, 2.45) is 11.3 Å². The maximum Gasteiger partial charge on any atom is 0.183 e. The first kappa shape index (κ1) is 12.5. The first-order valence-electron chi connectivity index (χ1n) is 7.33. The quantitative estimate of drug-likeness (QED) is 0.879. The smallest absolute Gasteiger partial charge is 0.183 e. The molecule has 2 nitrogen and oxygen atoms in total. The lowest BCUT2D eigenvalue weighted by molar-refractivity contribution is 0.183. The van der Waals surface area contributed by atoms with Crippen LogP contribution < -0.4 is 5.32 Å². The van der Waals surface area contributed by atoms with E-state index < -0.39 is 0 Å². The summed E-state index contributed by atoms with van der Waals surface area (Å²) in [6, 6.07) is 0.723. The summed E-state index contributed by atoms with van der Waals surface area (Å²) < 4.78 is 0. The lowest BCUT2D eigenvalue weighted by Gasteiger charge is -2.35. The van der Waals surface area contributed by atoms with Gasteiger partial charge in [-0.25, -0.2) is 4.98 Å². The minimum atomic E-state index is 0.478. The van der Waals surface area contributed by atoms with Gasteiger partial charge in [0.25, 0.3) is 0 Å². The van der Waals surface area contributed by atoms with Gasteiger partial charge in [0, 0.05) is 10.9 Å². The number of aromatic nitrogens is 1. The number of nitrogens with zero attached hydrogens (tertiary/aromatic N) is 1. The van der Waals surface area contributed by atoms with Crippen LogP contribution in [0.25, 0.3) is 0 Å². The van der Waals surface area contributed by atoms with E-state index in [-0.39, 0.29) is 0 Å². The van der Waals surface area contributed by atoms with E-state index in [1.165, 1.54) is 49.4 Å². The molecule has 3 rings (SSSR count). The summed E-state index contributed by atoms with van der Waals surface area (Å²) >= 11 is 1.91. The molecule has 0 aromatic carbocycles. The summed E-state index contributed by atoms with van der Waals surface area (Å²) in [5, 5.41) is 4.73. The zero-order chi connectivity index (χ0) is 12.8. The lowest BCUT2D eigenvalue weighted by atomic mass is 9.70. The first-order chi connectivity index (χ1) is 8.58. The molecular weight excluding hydrogens is 240 g/mol. The minimum Gasteiger partial charge on any atom is -0.359 e. The van der Waals surface area contributed by atoms with E-state index in [4.69, 9.17) is 4.98 Å². The summed E-state index contributed by atoms with van der Waals surface area (Å²) in [7, 11) is 0. The Labute approximate surface area is 114 Å². The molecule has 18 heavy (non-hydrogen) atoms. The van der Waals surface area contributed by atoms with Crippen LogP contribution in [-0.2, 0) is 12.8 Å². The van der Waals surface area contributed by atoms with Crippen molar-refractivity contribution in [3.05, 3.63) is 10.6 Å². The second-order valence-corrected chi connectivity index (χ2v) is 7.67. The predicted molar refractivity (Wildman–Crippen MR) is 78.3 cm³/mol. The van der Waals surface area contributed by atoms with Gasteiger partial charge in [-0.2, -0.15) is 0 Å². The number of hydrogen-bond acceptors (Lipinski definition) is 3. The molecule has 0 spiro atoms. The second kappa shape index (κ2) is 4.52. The van der Waals surface area contributed by atoms with Crippen LogP contribution in [0.2, 0.25) is 0 Å². The summed E-state index contributed by atoms with van der Waals surface area (Å²) in [4.78, 5) is 6.33. The summed E-state index contributed by atoms with van der Waals surface area (Å²) in [6.07, 6.45) is 7.69. The van der Waals surface area contributed by atoms with Crippen molar-refractivity contribution < 1.29 is 0 Å². The fraction of sp³-hybridized carbons (Fsp3) is 0.800. The molecule has 2 aliphatic rings. The van der Waals surface area contributed by atoms with Gasteiger partial charge in [0.15, 0.2) is 5.13 Å². The monoisotopic (exact) mass is 264 g/mol. The number of hydrogen-bond donors (Lipinski definition) is 1. The lowest BCUT2D eigenvalue weighted by Crippen LogP contribution is -2.28. The van der Waals surface area contributed by atoms with Crippen LogP contribution in [-0.4, -0.2) is 11.0 Å². The zero-order valence-electron chi connectivity index (χ0n) is 11.8. The molecule has 0 amide bonds. The Morgan fingerprint density at radius 1 is 1.33 bits per heavy atom. The molecule has 1 aromatic rings. The number of nitrogens with one attached hydrogen (secondary N) is 1. The highest BCUT2D eigenvalue weighted by Crippen LogP contribution is 2.42. The van der Waals surface area contributed by atoms with E-state index >= 15 is 0 Å².